The Labute approximate surface area is 166 Å². The average Bonchev–Trinajstić information content (AvgIpc) is 3.15. The van der Waals surface area contributed by atoms with Crippen molar-refractivity contribution in [2.24, 2.45) is 0 Å². The van der Waals surface area contributed by atoms with E-state index in [1.165, 1.54) is 23.2 Å². The van der Waals surface area contributed by atoms with E-state index in [0.717, 1.165) is 30.6 Å². The van der Waals surface area contributed by atoms with Gasteiger partial charge in [-0.05, 0) is 65.4 Å². The maximum atomic E-state index is 12.4. The highest BCUT2D eigenvalue weighted by Gasteiger charge is 2.18. The monoisotopic (exact) mass is 371 g/mol. The Morgan fingerprint density at radius 1 is 1.11 bits per heavy atom. The number of carbonyl (C=O) groups excluding carboxylic acids is 1. The van der Waals surface area contributed by atoms with Gasteiger partial charge in [-0.25, -0.2) is 0 Å². The maximum Gasteiger partial charge on any atom is 0.251 e. The first-order chi connectivity index (χ1) is 13.7. The first-order valence-corrected chi connectivity index (χ1v) is 9.90. The lowest BCUT2D eigenvalue weighted by Crippen LogP contribution is -2.22. The van der Waals surface area contributed by atoms with E-state index < -0.39 is 0 Å². The molecular formula is C24H25N3O. The number of carbonyl (C=O) groups is 1. The van der Waals surface area contributed by atoms with E-state index in [4.69, 9.17) is 0 Å². The van der Waals surface area contributed by atoms with Crippen molar-refractivity contribution in [3.63, 3.8) is 0 Å². The Hall–Kier alpha value is -3.14. The smallest absolute Gasteiger partial charge is 0.251 e. The highest BCUT2D eigenvalue weighted by Crippen LogP contribution is 2.32. The molecule has 4 heteroatoms. The zero-order valence-electron chi connectivity index (χ0n) is 16.2. The number of rotatable bonds is 6. The molecule has 3 aromatic rings. The minimum Gasteiger partial charge on any atom is -0.371 e. The Bertz CT molecular complexity index is 951. The summed E-state index contributed by atoms with van der Waals surface area (Å²) in [6.07, 6.45) is 5.77. The van der Waals surface area contributed by atoms with Crippen molar-refractivity contribution in [1.82, 2.24) is 10.3 Å². The fraction of sp³-hybridized carbons (Fsp3) is 0.250. The summed E-state index contributed by atoms with van der Waals surface area (Å²) in [5.41, 5.74) is 6.80. The van der Waals surface area contributed by atoms with Gasteiger partial charge in [-0.1, -0.05) is 31.2 Å². The third kappa shape index (κ3) is 3.91. The molecule has 2 heterocycles. The van der Waals surface area contributed by atoms with Crippen LogP contribution in [0.5, 0.6) is 0 Å². The van der Waals surface area contributed by atoms with E-state index >= 15 is 0 Å². The lowest BCUT2D eigenvalue weighted by atomic mass is 10.0. The molecule has 1 aliphatic heterocycles. The molecule has 0 spiro atoms. The molecule has 1 amide bonds. The van der Waals surface area contributed by atoms with Crippen molar-refractivity contribution >= 4 is 11.6 Å². The van der Waals surface area contributed by atoms with Gasteiger partial charge in [0, 0.05) is 43.3 Å². The quantitative estimate of drug-likeness (QED) is 0.696. The van der Waals surface area contributed by atoms with Gasteiger partial charge >= 0.3 is 0 Å². The zero-order valence-corrected chi connectivity index (χ0v) is 16.2. The van der Waals surface area contributed by atoms with Crippen LogP contribution in [0.3, 0.4) is 0 Å². The topological polar surface area (TPSA) is 45.2 Å². The number of benzene rings is 2. The summed E-state index contributed by atoms with van der Waals surface area (Å²) in [5, 5.41) is 2.94. The number of amides is 1. The molecular weight excluding hydrogens is 346 g/mol. The Morgan fingerprint density at radius 2 is 1.93 bits per heavy atom. The summed E-state index contributed by atoms with van der Waals surface area (Å²) in [6.45, 7) is 4.94. The largest absolute Gasteiger partial charge is 0.371 e. The number of hydrogen-bond donors (Lipinski definition) is 1. The molecule has 0 bridgehead atoms. The van der Waals surface area contributed by atoms with Gasteiger partial charge in [-0.3, -0.25) is 9.78 Å². The first kappa shape index (κ1) is 18.2. The minimum atomic E-state index is -0.0698. The molecule has 4 nitrogen and oxygen atoms in total. The van der Waals surface area contributed by atoms with Crippen LogP contribution in [-0.4, -0.2) is 24.0 Å². The number of nitrogens with one attached hydrogen (secondary N) is 1. The van der Waals surface area contributed by atoms with Crippen LogP contribution in [-0.2, 0) is 13.0 Å². The molecule has 0 atom stereocenters. The summed E-state index contributed by atoms with van der Waals surface area (Å²) in [7, 11) is 0. The third-order valence-corrected chi connectivity index (χ3v) is 5.22. The summed E-state index contributed by atoms with van der Waals surface area (Å²) < 4.78 is 0. The number of pyridine rings is 1. The minimum absolute atomic E-state index is 0.0698. The fourth-order valence-electron chi connectivity index (χ4n) is 3.75. The van der Waals surface area contributed by atoms with Crippen molar-refractivity contribution in [1.29, 1.82) is 0 Å². The molecule has 0 unspecified atom stereocenters. The number of nitrogens with zero attached hydrogens (tertiary/aromatic N) is 2. The van der Waals surface area contributed by atoms with E-state index in [2.05, 4.69) is 40.3 Å². The third-order valence-electron chi connectivity index (χ3n) is 5.22. The van der Waals surface area contributed by atoms with Crippen LogP contribution in [0, 0.1) is 0 Å². The molecule has 1 aliphatic rings. The summed E-state index contributed by atoms with van der Waals surface area (Å²) in [4.78, 5) is 18.9. The lowest BCUT2D eigenvalue weighted by Gasteiger charge is -2.18. The van der Waals surface area contributed by atoms with Crippen LogP contribution < -0.4 is 10.2 Å². The van der Waals surface area contributed by atoms with E-state index in [-0.39, 0.29) is 5.91 Å². The Kier molecular flexibility index (Phi) is 5.38. The van der Waals surface area contributed by atoms with Gasteiger partial charge < -0.3 is 10.2 Å². The van der Waals surface area contributed by atoms with Crippen LogP contribution in [0.1, 0.15) is 34.8 Å². The van der Waals surface area contributed by atoms with Crippen LogP contribution in [0.2, 0.25) is 0 Å². The van der Waals surface area contributed by atoms with Crippen molar-refractivity contribution in [2.75, 3.05) is 18.0 Å². The number of aromatic nitrogens is 1. The first-order valence-electron chi connectivity index (χ1n) is 9.90. The van der Waals surface area contributed by atoms with Crippen LogP contribution >= 0.6 is 0 Å². The molecule has 1 aromatic heterocycles. The van der Waals surface area contributed by atoms with Crippen molar-refractivity contribution < 1.29 is 4.79 Å². The number of fused-ring (bicyclic) bond motifs is 1. The predicted octanol–water partition coefficient (Wildman–Crippen LogP) is 4.45. The van der Waals surface area contributed by atoms with Crippen molar-refractivity contribution in [3.8, 4) is 11.1 Å². The van der Waals surface area contributed by atoms with Crippen molar-refractivity contribution in [2.45, 2.75) is 26.3 Å². The van der Waals surface area contributed by atoms with E-state index in [1.807, 2.05) is 36.4 Å². The van der Waals surface area contributed by atoms with Crippen LogP contribution in [0.25, 0.3) is 11.1 Å². The fourth-order valence-corrected chi connectivity index (χ4v) is 3.75. The number of hydrogen-bond acceptors (Lipinski definition) is 3. The normalized spacial score (nSPS) is 12.7. The van der Waals surface area contributed by atoms with E-state index in [0.29, 0.717) is 12.1 Å². The molecule has 28 heavy (non-hydrogen) atoms. The molecule has 142 valence electrons. The lowest BCUT2D eigenvalue weighted by molar-refractivity contribution is 0.0951. The van der Waals surface area contributed by atoms with Crippen LogP contribution in [0.15, 0.2) is 67.0 Å². The SMILES string of the molecule is CCCN1CCc2cc(-c3ccc(C(=O)NCc4cccnc4)cc3)ccc21. The van der Waals surface area contributed by atoms with Crippen molar-refractivity contribution in [3.05, 3.63) is 83.7 Å². The van der Waals surface area contributed by atoms with Crippen LogP contribution in [0.4, 0.5) is 5.69 Å². The molecule has 4 rings (SSSR count). The van der Waals surface area contributed by atoms with E-state index in [9.17, 15) is 4.79 Å². The molecule has 0 saturated heterocycles. The Balaban J connectivity index is 1.44. The highest BCUT2D eigenvalue weighted by atomic mass is 16.1. The van der Waals surface area contributed by atoms with Gasteiger partial charge in [-0.15, -0.1) is 0 Å². The van der Waals surface area contributed by atoms with Gasteiger partial charge in [0.2, 0.25) is 0 Å². The molecule has 0 fully saturated rings. The second-order valence-electron chi connectivity index (χ2n) is 7.20. The van der Waals surface area contributed by atoms with Gasteiger partial charge in [0.1, 0.15) is 0 Å². The summed E-state index contributed by atoms with van der Waals surface area (Å²) >= 11 is 0. The van der Waals surface area contributed by atoms with Gasteiger partial charge in [0.25, 0.3) is 5.91 Å². The molecule has 0 saturated carbocycles. The van der Waals surface area contributed by atoms with Gasteiger partial charge in [-0.2, -0.15) is 0 Å². The second-order valence-corrected chi connectivity index (χ2v) is 7.20. The molecule has 0 aliphatic carbocycles. The summed E-state index contributed by atoms with van der Waals surface area (Å²) in [5.74, 6) is -0.0698. The Morgan fingerprint density at radius 3 is 2.68 bits per heavy atom. The highest BCUT2D eigenvalue weighted by molar-refractivity contribution is 5.94. The second kappa shape index (κ2) is 8.26. The zero-order chi connectivity index (χ0) is 19.3. The van der Waals surface area contributed by atoms with Gasteiger partial charge in [0.05, 0.1) is 0 Å². The molecule has 0 radical (unpaired) electrons. The standard InChI is InChI=1S/C24H25N3O/c1-2-13-27-14-11-22-15-21(9-10-23(22)27)19-5-7-20(8-6-19)24(28)26-17-18-4-3-12-25-16-18/h3-10,12,15-16H,2,11,13-14,17H2,1H3,(H,26,28). The number of anilines is 1. The summed E-state index contributed by atoms with van der Waals surface area (Å²) in [6, 6.07) is 18.4. The maximum absolute atomic E-state index is 12.4. The van der Waals surface area contributed by atoms with E-state index in [1.54, 1.807) is 12.4 Å². The van der Waals surface area contributed by atoms with Gasteiger partial charge in [0.15, 0.2) is 0 Å². The molecule has 1 N–H and O–H groups in total. The molecule has 2 aromatic carbocycles. The average molecular weight is 371 g/mol. The predicted molar refractivity (Wildman–Crippen MR) is 113 cm³/mol.